The van der Waals surface area contributed by atoms with Crippen LogP contribution in [0.2, 0.25) is 0 Å². The van der Waals surface area contributed by atoms with Crippen molar-refractivity contribution in [2.45, 2.75) is 25.3 Å². The van der Waals surface area contributed by atoms with E-state index >= 15 is 0 Å². The summed E-state index contributed by atoms with van der Waals surface area (Å²) in [6.45, 7) is 2.52. The van der Waals surface area contributed by atoms with Crippen LogP contribution in [0.15, 0.2) is 24.3 Å². The van der Waals surface area contributed by atoms with Gasteiger partial charge in [0.1, 0.15) is 11.4 Å². The van der Waals surface area contributed by atoms with Gasteiger partial charge in [0.2, 0.25) is 0 Å². The summed E-state index contributed by atoms with van der Waals surface area (Å²) >= 11 is 0. The van der Waals surface area contributed by atoms with Gasteiger partial charge in [-0.3, -0.25) is 4.79 Å². The molecule has 0 saturated carbocycles. The highest BCUT2D eigenvalue weighted by Gasteiger charge is 2.38. The average molecular weight is 207 g/mol. The minimum atomic E-state index is -0.844. The highest BCUT2D eigenvalue weighted by molar-refractivity contribution is 5.90. The lowest BCUT2D eigenvalue weighted by molar-refractivity contribution is -0.127. The van der Waals surface area contributed by atoms with E-state index in [-0.39, 0.29) is 11.6 Å². The topological polar surface area (TPSA) is 29.1 Å². The zero-order valence-corrected chi connectivity index (χ0v) is 8.72. The Morgan fingerprint density at radius 2 is 2.13 bits per heavy atom. The number of carbonyl (C=O) groups is 1. The summed E-state index contributed by atoms with van der Waals surface area (Å²) in [5.41, 5.74) is -0.390. The Morgan fingerprint density at radius 3 is 2.80 bits per heavy atom. The third-order valence-corrected chi connectivity index (χ3v) is 3.03. The molecule has 1 atom stereocenters. The maximum atomic E-state index is 13.6. The van der Waals surface area contributed by atoms with E-state index in [0.29, 0.717) is 12.0 Å². The van der Waals surface area contributed by atoms with Crippen LogP contribution in [0.3, 0.4) is 0 Å². The lowest BCUT2D eigenvalue weighted by atomic mass is 9.82. The van der Waals surface area contributed by atoms with Crippen LogP contribution in [0.5, 0.6) is 0 Å². The minimum Gasteiger partial charge on any atom is -0.301 e. The molecule has 0 bridgehead atoms. The number of nitrogens with one attached hydrogen (secondary N) is 1. The first-order chi connectivity index (χ1) is 7.14. The van der Waals surface area contributed by atoms with Crippen LogP contribution in [-0.2, 0) is 10.3 Å². The standard InChI is InChI=1S/C12H14FNO/c1-12(11(15)7-4-8-14-12)9-5-2-3-6-10(9)13/h2-3,5-6,14H,4,7-8H2,1H3. The van der Waals surface area contributed by atoms with Crippen LogP contribution in [0, 0.1) is 5.82 Å². The van der Waals surface area contributed by atoms with E-state index in [9.17, 15) is 9.18 Å². The van der Waals surface area contributed by atoms with E-state index in [2.05, 4.69) is 5.32 Å². The van der Waals surface area contributed by atoms with Crippen molar-refractivity contribution in [2.75, 3.05) is 6.54 Å². The van der Waals surface area contributed by atoms with Crippen molar-refractivity contribution >= 4 is 5.78 Å². The van der Waals surface area contributed by atoms with Crippen LogP contribution in [0.1, 0.15) is 25.3 Å². The monoisotopic (exact) mass is 207 g/mol. The molecule has 1 N–H and O–H groups in total. The summed E-state index contributed by atoms with van der Waals surface area (Å²) in [4.78, 5) is 11.8. The van der Waals surface area contributed by atoms with Crippen LogP contribution in [0.4, 0.5) is 4.39 Å². The fraction of sp³-hybridized carbons (Fsp3) is 0.417. The van der Waals surface area contributed by atoms with E-state index in [4.69, 9.17) is 0 Å². The van der Waals surface area contributed by atoms with Gasteiger partial charge < -0.3 is 5.32 Å². The molecule has 0 amide bonds. The molecule has 0 radical (unpaired) electrons. The first-order valence-electron chi connectivity index (χ1n) is 5.18. The molecule has 1 aromatic carbocycles. The van der Waals surface area contributed by atoms with Gasteiger partial charge in [0, 0.05) is 12.0 Å². The first kappa shape index (κ1) is 10.3. The molecule has 1 aliphatic heterocycles. The molecular weight excluding hydrogens is 193 g/mol. The Bertz CT molecular complexity index is 391. The quantitative estimate of drug-likeness (QED) is 0.763. The number of piperidine rings is 1. The minimum absolute atomic E-state index is 0.0684. The summed E-state index contributed by atoms with van der Waals surface area (Å²) in [6.07, 6.45) is 1.36. The smallest absolute Gasteiger partial charge is 0.157 e. The number of rotatable bonds is 1. The summed E-state index contributed by atoms with van der Waals surface area (Å²) < 4.78 is 13.6. The molecule has 1 saturated heterocycles. The van der Waals surface area contributed by atoms with E-state index in [1.807, 2.05) is 0 Å². The van der Waals surface area contributed by atoms with E-state index in [1.54, 1.807) is 25.1 Å². The Kier molecular flexibility index (Phi) is 2.57. The molecule has 1 aliphatic rings. The van der Waals surface area contributed by atoms with Crippen LogP contribution in [-0.4, -0.2) is 12.3 Å². The Balaban J connectivity index is 2.44. The molecule has 0 aromatic heterocycles. The van der Waals surface area contributed by atoms with Gasteiger partial charge in [-0.1, -0.05) is 18.2 Å². The van der Waals surface area contributed by atoms with Crippen molar-refractivity contribution in [3.05, 3.63) is 35.6 Å². The van der Waals surface area contributed by atoms with Gasteiger partial charge >= 0.3 is 0 Å². The van der Waals surface area contributed by atoms with Crippen LogP contribution < -0.4 is 5.32 Å². The zero-order chi connectivity index (χ0) is 10.9. The molecule has 15 heavy (non-hydrogen) atoms. The molecule has 1 aromatic rings. The van der Waals surface area contributed by atoms with Crippen molar-refractivity contribution in [3.8, 4) is 0 Å². The van der Waals surface area contributed by atoms with E-state index in [1.165, 1.54) is 6.07 Å². The number of benzene rings is 1. The third kappa shape index (κ3) is 1.67. The third-order valence-electron chi connectivity index (χ3n) is 3.03. The molecule has 3 heteroatoms. The normalized spacial score (nSPS) is 26.7. The van der Waals surface area contributed by atoms with Gasteiger partial charge in [0.15, 0.2) is 5.78 Å². The fourth-order valence-electron chi connectivity index (χ4n) is 2.05. The van der Waals surface area contributed by atoms with Crippen molar-refractivity contribution < 1.29 is 9.18 Å². The summed E-state index contributed by atoms with van der Waals surface area (Å²) in [5, 5.41) is 3.11. The molecule has 2 nitrogen and oxygen atoms in total. The molecule has 80 valence electrons. The number of hydrogen-bond donors (Lipinski definition) is 1. The number of Topliss-reactive ketones (excluding diaryl/α,β-unsaturated/α-hetero) is 1. The first-order valence-corrected chi connectivity index (χ1v) is 5.18. The van der Waals surface area contributed by atoms with Gasteiger partial charge in [-0.2, -0.15) is 0 Å². The highest BCUT2D eigenvalue weighted by Crippen LogP contribution is 2.28. The Labute approximate surface area is 88.5 Å². The second-order valence-corrected chi connectivity index (χ2v) is 4.06. The molecular formula is C12H14FNO. The van der Waals surface area contributed by atoms with E-state index < -0.39 is 5.54 Å². The molecule has 0 spiro atoms. The summed E-state index contributed by atoms with van der Waals surface area (Å²) in [7, 11) is 0. The van der Waals surface area contributed by atoms with Gasteiger partial charge in [-0.15, -0.1) is 0 Å². The molecule has 0 aliphatic carbocycles. The highest BCUT2D eigenvalue weighted by atomic mass is 19.1. The second-order valence-electron chi connectivity index (χ2n) is 4.06. The predicted octanol–water partition coefficient (Wildman–Crippen LogP) is 1.99. The lowest BCUT2D eigenvalue weighted by Crippen LogP contribution is -2.50. The summed E-state index contributed by atoms with van der Waals surface area (Å²) in [6, 6.07) is 6.46. The molecule has 1 fully saturated rings. The number of carbonyl (C=O) groups excluding carboxylic acids is 1. The Morgan fingerprint density at radius 1 is 1.40 bits per heavy atom. The second kappa shape index (κ2) is 3.74. The molecule has 1 unspecified atom stereocenters. The predicted molar refractivity (Wildman–Crippen MR) is 56.0 cm³/mol. The van der Waals surface area contributed by atoms with Crippen LogP contribution >= 0.6 is 0 Å². The van der Waals surface area contributed by atoms with Crippen molar-refractivity contribution in [1.82, 2.24) is 5.32 Å². The van der Waals surface area contributed by atoms with Crippen molar-refractivity contribution in [3.63, 3.8) is 0 Å². The number of ketones is 1. The summed E-state index contributed by atoms with van der Waals surface area (Å²) in [5.74, 6) is -0.249. The van der Waals surface area contributed by atoms with Gasteiger partial charge in [0.05, 0.1) is 0 Å². The maximum absolute atomic E-state index is 13.6. The SMILES string of the molecule is CC1(c2ccccc2F)NCCCC1=O. The fourth-order valence-corrected chi connectivity index (χ4v) is 2.05. The lowest BCUT2D eigenvalue weighted by Gasteiger charge is -2.34. The largest absolute Gasteiger partial charge is 0.301 e. The maximum Gasteiger partial charge on any atom is 0.157 e. The Hall–Kier alpha value is -1.22. The van der Waals surface area contributed by atoms with Crippen LogP contribution in [0.25, 0.3) is 0 Å². The van der Waals surface area contributed by atoms with Crippen molar-refractivity contribution in [2.24, 2.45) is 0 Å². The molecule has 1 heterocycles. The van der Waals surface area contributed by atoms with Gasteiger partial charge in [0.25, 0.3) is 0 Å². The number of hydrogen-bond acceptors (Lipinski definition) is 2. The average Bonchev–Trinajstić information content (AvgIpc) is 2.23. The van der Waals surface area contributed by atoms with E-state index in [0.717, 1.165) is 13.0 Å². The van der Waals surface area contributed by atoms with Gasteiger partial charge in [-0.25, -0.2) is 4.39 Å². The molecule has 2 rings (SSSR count). The van der Waals surface area contributed by atoms with Gasteiger partial charge in [-0.05, 0) is 26.0 Å². The number of halogens is 1. The zero-order valence-electron chi connectivity index (χ0n) is 8.72. The van der Waals surface area contributed by atoms with Crippen molar-refractivity contribution in [1.29, 1.82) is 0 Å².